The van der Waals surface area contributed by atoms with E-state index in [2.05, 4.69) is 15.2 Å². The molecule has 2 aromatic carbocycles. The Kier molecular flexibility index (Phi) is 7.36. The molecule has 2 heterocycles. The molecule has 204 valence electrons. The number of hydrogen-bond acceptors (Lipinski definition) is 6. The first-order chi connectivity index (χ1) is 18.5. The van der Waals surface area contributed by atoms with E-state index in [9.17, 15) is 27.9 Å². The van der Waals surface area contributed by atoms with Crippen molar-refractivity contribution in [2.45, 2.75) is 50.6 Å². The van der Waals surface area contributed by atoms with Crippen LogP contribution in [0.2, 0.25) is 10.0 Å². The van der Waals surface area contributed by atoms with Gasteiger partial charge in [0.05, 0.1) is 17.3 Å². The van der Waals surface area contributed by atoms with Crippen molar-refractivity contribution >= 4 is 29.0 Å². The fourth-order valence-electron chi connectivity index (χ4n) is 4.47. The molecule has 2 atom stereocenters. The Morgan fingerprint density at radius 2 is 1.77 bits per heavy atom. The molecule has 39 heavy (non-hydrogen) atoms. The Bertz CT molecular complexity index is 1580. The predicted octanol–water partition coefficient (Wildman–Crippen LogP) is 4.41. The van der Waals surface area contributed by atoms with Crippen molar-refractivity contribution in [1.82, 2.24) is 29.1 Å². The molecule has 9 nitrogen and oxygen atoms in total. The molecule has 0 amide bonds. The summed E-state index contributed by atoms with van der Waals surface area (Å²) in [5, 5.41) is 19.3. The van der Waals surface area contributed by atoms with Crippen molar-refractivity contribution in [1.29, 1.82) is 0 Å². The molecule has 14 heteroatoms. The van der Waals surface area contributed by atoms with Gasteiger partial charge in [-0.2, -0.15) is 13.2 Å². The van der Waals surface area contributed by atoms with Crippen molar-refractivity contribution in [2.24, 2.45) is 0 Å². The molecular weight excluding hydrogens is 560 g/mol. The third-order valence-corrected chi connectivity index (χ3v) is 6.99. The Morgan fingerprint density at radius 1 is 1.05 bits per heavy atom. The van der Waals surface area contributed by atoms with Crippen LogP contribution in [0.5, 0.6) is 0 Å². The van der Waals surface area contributed by atoms with E-state index in [1.165, 1.54) is 28.9 Å². The number of Topliss-reactive ketones (excluding diaryl/α,β-unsaturated/α-hetero) is 1. The maximum atomic E-state index is 13.2. The summed E-state index contributed by atoms with van der Waals surface area (Å²) in [6, 6.07) is 13.0. The largest absolute Gasteiger partial charge is 0.416 e. The molecule has 0 radical (unpaired) electrons. The SMILES string of the molecule is O=C1CC[C@@H](c2nc(Cn3nc(-c4ccc(Cl)cc4)n(C[C@H](O)C(F)(F)F)c3=O)nn2-c2ccccc2Cl)C1. The highest BCUT2D eigenvalue weighted by Crippen LogP contribution is 2.33. The third-order valence-electron chi connectivity index (χ3n) is 6.42. The van der Waals surface area contributed by atoms with Gasteiger partial charge in [-0.1, -0.05) is 35.3 Å². The molecule has 1 aliphatic carbocycles. The van der Waals surface area contributed by atoms with Gasteiger partial charge in [0.1, 0.15) is 18.2 Å². The summed E-state index contributed by atoms with van der Waals surface area (Å²) in [6.45, 7) is -1.34. The normalized spacial score (nSPS) is 16.7. The van der Waals surface area contributed by atoms with Crippen LogP contribution in [0.15, 0.2) is 53.3 Å². The van der Waals surface area contributed by atoms with E-state index in [1.54, 1.807) is 24.3 Å². The van der Waals surface area contributed by atoms with Gasteiger partial charge in [-0.15, -0.1) is 10.2 Å². The van der Waals surface area contributed by atoms with Crippen LogP contribution in [0.4, 0.5) is 13.2 Å². The van der Waals surface area contributed by atoms with Crippen molar-refractivity contribution in [3.05, 3.63) is 80.7 Å². The number of para-hydroxylation sites is 1. The van der Waals surface area contributed by atoms with Gasteiger partial charge in [-0.05, 0) is 42.8 Å². The lowest BCUT2D eigenvalue weighted by Gasteiger charge is -2.15. The first kappa shape index (κ1) is 27.1. The number of aromatic nitrogens is 6. The Hall–Kier alpha value is -3.48. The number of nitrogens with zero attached hydrogens (tertiary/aromatic N) is 6. The number of benzene rings is 2. The molecule has 5 rings (SSSR count). The van der Waals surface area contributed by atoms with Gasteiger partial charge in [0.2, 0.25) is 0 Å². The summed E-state index contributed by atoms with van der Waals surface area (Å²) >= 11 is 12.3. The van der Waals surface area contributed by atoms with E-state index in [-0.39, 0.29) is 36.3 Å². The summed E-state index contributed by atoms with van der Waals surface area (Å²) in [5.74, 6) is 0.431. The van der Waals surface area contributed by atoms with Gasteiger partial charge < -0.3 is 5.11 Å². The van der Waals surface area contributed by atoms with Crippen LogP contribution in [0.25, 0.3) is 17.1 Å². The fraction of sp³-hybridized carbons (Fsp3) is 0.320. The molecule has 0 bridgehead atoms. The number of carbonyl (C=O) groups excluding carboxylic acids is 1. The maximum absolute atomic E-state index is 13.2. The van der Waals surface area contributed by atoms with Crippen LogP contribution >= 0.6 is 23.2 Å². The summed E-state index contributed by atoms with van der Waals surface area (Å²) < 4.78 is 42.7. The number of hydrogen-bond donors (Lipinski definition) is 1. The monoisotopic (exact) mass is 580 g/mol. The zero-order valence-electron chi connectivity index (χ0n) is 20.1. The smallest absolute Gasteiger partial charge is 0.382 e. The number of carbonyl (C=O) groups is 1. The average Bonchev–Trinajstić information content (AvgIpc) is 3.58. The van der Waals surface area contributed by atoms with E-state index >= 15 is 0 Å². The number of ketones is 1. The van der Waals surface area contributed by atoms with Gasteiger partial charge in [0.25, 0.3) is 0 Å². The van der Waals surface area contributed by atoms with Gasteiger partial charge in [0.15, 0.2) is 17.8 Å². The molecule has 4 aromatic rings. The molecule has 0 saturated heterocycles. The summed E-state index contributed by atoms with van der Waals surface area (Å²) in [4.78, 5) is 29.8. The van der Waals surface area contributed by atoms with Gasteiger partial charge >= 0.3 is 11.9 Å². The third kappa shape index (κ3) is 5.63. The fourth-order valence-corrected chi connectivity index (χ4v) is 4.81. The lowest BCUT2D eigenvalue weighted by molar-refractivity contribution is -0.207. The van der Waals surface area contributed by atoms with Gasteiger partial charge in [0, 0.05) is 29.3 Å². The van der Waals surface area contributed by atoms with Crippen LogP contribution in [-0.2, 0) is 17.9 Å². The van der Waals surface area contributed by atoms with Crippen LogP contribution in [0, 0.1) is 0 Å². The van der Waals surface area contributed by atoms with Crippen LogP contribution < -0.4 is 5.69 Å². The van der Waals surface area contributed by atoms with E-state index < -0.39 is 24.5 Å². The van der Waals surface area contributed by atoms with E-state index in [1.807, 2.05) is 0 Å². The van der Waals surface area contributed by atoms with Crippen LogP contribution in [0.1, 0.15) is 36.8 Å². The highest BCUT2D eigenvalue weighted by molar-refractivity contribution is 6.32. The molecule has 0 unspecified atom stereocenters. The number of aliphatic hydroxyl groups excluding tert-OH is 1. The predicted molar refractivity (Wildman–Crippen MR) is 136 cm³/mol. The van der Waals surface area contributed by atoms with Crippen molar-refractivity contribution in [2.75, 3.05) is 0 Å². The average molecular weight is 581 g/mol. The van der Waals surface area contributed by atoms with Crippen molar-refractivity contribution in [3.63, 3.8) is 0 Å². The van der Waals surface area contributed by atoms with Gasteiger partial charge in [-0.25, -0.2) is 19.1 Å². The lowest BCUT2D eigenvalue weighted by Crippen LogP contribution is -2.37. The van der Waals surface area contributed by atoms with E-state index in [4.69, 9.17) is 23.2 Å². The second kappa shape index (κ2) is 10.6. The molecule has 1 N–H and O–H groups in total. The van der Waals surface area contributed by atoms with E-state index in [0.29, 0.717) is 40.0 Å². The minimum atomic E-state index is -4.94. The molecular formula is C25H21Cl2F3N6O3. The maximum Gasteiger partial charge on any atom is 0.416 e. The summed E-state index contributed by atoms with van der Waals surface area (Å²) in [5.41, 5.74) is -0.0421. The minimum absolute atomic E-state index is 0.0906. The second-order valence-electron chi connectivity index (χ2n) is 9.17. The molecule has 1 aliphatic rings. The Balaban J connectivity index is 1.57. The highest BCUT2D eigenvalue weighted by atomic mass is 35.5. The van der Waals surface area contributed by atoms with Crippen molar-refractivity contribution in [3.8, 4) is 17.1 Å². The van der Waals surface area contributed by atoms with Crippen molar-refractivity contribution < 1.29 is 23.1 Å². The molecule has 1 saturated carbocycles. The molecule has 0 spiro atoms. The standard InChI is InChI=1S/C25H21Cl2F3N6O3/c26-16-8-5-14(6-9-16)23-33-35(24(39)34(23)12-20(38)25(28,29)30)13-21-31-22(15-7-10-17(37)11-15)36(32-21)19-4-2-1-3-18(19)27/h1-6,8-9,15,20,38H,7,10-13H2/t15-,20+/m1/s1. The van der Waals surface area contributed by atoms with E-state index in [0.717, 1.165) is 9.25 Å². The number of alkyl halides is 3. The van der Waals surface area contributed by atoms with Crippen LogP contribution in [0.3, 0.4) is 0 Å². The quantitative estimate of drug-likeness (QED) is 0.347. The second-order valence-corrected chi connectivity index (χ2v) is 10.0. The number of halogens is 5. The van der Waals surface area contributed by atoms with Gasteiger partial charge in [-0.3, -0.25) is 9.36 Å². The summed E-state index contributed by atoms with van der Waals surface area (Å²) in [7, 11) is 0. The first-order valence-electron chi connectivity index (χ1n) is 11.9. The Morgan fingerprint density at radius 3 is 2.41 bits per heavy atom. The Labute approximate surface area is 229 Å². The summed E-state index contributed by atoms with van der Waals surface area (Å²) in [6.07, 6.45) is -6.46. The zero-order chi connectivity index (χ0) is 27.9. The topological polar surface area (TPSA) is 108 Å². The number of aliphatic hydroxyl groups is 1. The molecule has 1 fully saturated rings. The molecule has 2 aromatic heterocycles. The van der Waals surface area contributed by atoms with Crippen LogP contribution in [-0.4, -0.2) is 52.3 Å². The lowest BCUT2D eigenvalue weighted by atomic mass is 10.1. The number of rotatable bonds is 7. The molecule has 0 aliphatic heterocycles. The first-order valence-corrected chi connectivity index (χ1v) is 12.7. The zero-order valence-corrected chi connectivity index (χ0v) is 21.7. The highest BCUT2D eigenvalue weighted by Gasteiger charge is 2.39. The minimum Gasteiger partial charge on any atom is -0.382 e.